The molecule has 0 saturated heterocycles. The average molecular weight is 548 g/mol. The summed E-state index contributed by atoms with van der Waals surface area (Å²) in [4.78, 5) is 0. The van der Waals surface area contributed by atoms with Crippen LogP contribution in [0.2, 0.25) is 0 Å². The van der Waals surface area contributed by atoms with Gasteiger partial charge in [-0.3, -0.25) is 0 Å². The second kappa shape index (κ2) is 4.99. The van der Waals surface area contributed by atoms with Crippen LogP contribution in [0.25, 0.3) is 0 Å². The molecule has 0 atom stereocenters. The van der Waals surface area contributed by atoms with Gasteiger partial charge < -0.3 is 0 Å². The van der Waals surface area contributed by atoms with Crippen molar-refractivity contribution in [3.63, 3.8) is 0 Å². The molecule has 2 aliphatic carbocycles. The predicted octanol–water partition coefficient (Wildman–Crippen LogP) is 2.75. The molecule has 0 aromatic rings. The van der Waals surface area contributed by atoms with Crippen molar-refractivity contribution in [2.45, 2.75) is 13.8 Å². The van der Waals surface area contributed by atoms with Gasteiger partial charge in [0.25, 0.3) is 0 Å². The van der Waals surface area contributed by atoms with Gasteiger partial charge in [0.1, 0.15) is 0 Å². The first-order valence-corrected chi connectivity index (χ1v) is 8.07. The van der Waals surface area contributed by atoms with Crippen LogP contribution in [-0.2, 0) is 38.7 Å². The summed E-state index contributed by atoms with van der Waals surface area (Å²) in [6, 6.07) is 0. The molecule has 0 amide bonds. The van der Waals surface area contributed by atoms with Crippen LogP contribution in [0.5, 0.6) is 0 Å². The van der Waals surface area contributed by atoms with Crippen LogP contribution in [-0.4, -0.2) is 7.80 Å². The maximum atomic E-state index is 2.29. The third-order valence-corrected chi connectivity index (χ3v) is 5.97. The summed E-state index contributed by atoms with van der Waals surface area (Å²) in [5.41, 5.74) is 5.47. The third-order valence-electron chi connectivity index (χ3n) is 2.68. The van der Waals surface area contributed by atoms with Crippen LogP contribution in [0.1, 0.15) is 13.8 Å². The van der Waals surface area contributed by atoms with E-state index in [1.165, 1.54) is 30.1 Å². The summed E-state index contributed by atoms with van der Waals surface area (Å²) in [6.45, 7) is 4.38. The molecule has 0 fully saturated rings. The Balaban J connectivity index is 2.46. The zero-order chi connectivity index (χ0) is 11.7. The number of hydrogen-bond donors (Lipinski definition) is 0. The molecular weight excluding hydrogens is 536 g/mol. The van der Waals surface area contributed by atoms with Gasteiger partial charge in [-0.1, -0.05) is 0 Å². The molecule has 0 radical (unpaired) electrons. The summed E-state index contributed by atoms with van der Waals surface area (Å²) >= 11 is 3.09. The van der Waals surface area contributed by atoms with Crippen LogP contribution in [0.4, 0.5) is 0 Å². The molecule has 0 spiro atoms. The molecule has 0 unspecified atom stereocenters. The molecule has 0 heterocycles. The van der Waals surface area contributed by atoms with E-state index in [-0.39, 0.29) is 0 Å². The van der Waals surface area contributed by atoms with Gasteiger partial charge in [0.2, 0.25) is 0 Å². The topological polar surface area (TPSA) is 0 Å². The molecule has 0 saturated carbocycles. The molecule has 2 aliphatic rings. The van der Waals surface area contributed by atoms with Crippen LogP contribution in [0.15, 0.2) is 58.7 Å². The van der Waals surface area contributed by atoms with Crippen molar-refractivity contribution >= 4 is 7.80 Å². The van der Waals surface area contributed by atoms with Crippen molar-refractivity contribution in [1.82, 2.24) is 0 Å². The fraction of sp³-hybridized carbons (Fsp3) is 0.143. The van der Waals surface area contributed by atoms with Crippen LogP contribution < -0.4 is 0 Å². The molecule has 2 rings (SSSR count). The van der Waals surface area contributed by atoms with E-state index in [4.69, 9.17) is 0 Å². The van der Waals surface area contributed by atoms with E-state index in [1.807, 2.05) is 0 Å². The van der Waals surface area contributed by atoms with Crippen molar-refractivity contribution in [2.24, 2.45) is 0 Å². The van der Waals surface area contributed by atoms with E-state index in [9.17, 15) is 0 Å². The molecule has 0 bridgehead atoms. The predicted molar refractivity (Wildman–Crippen MR) is 62.8 cm³/mol. The quantitative estimate of drug-likeness (QED) is 0.438. The Labute approximate surface area is 118 Å². The number of allylic oxidation sites excluding steroid dienone is 10. The average Bonchev–Trinajstić information content (AvgIpc) is 2.26. The third kappa shape index (κ3) is 2.55. The van der Waals surface area contributed by atoms with Crippen LogP contribution >= 0.6 is 0 Å². The Hall–Kier alpha value is -0.183. The SMILES string of the molecule is CC1=C/C(=C2\C=C[C](=[W])C(C)=C2)C=C[C]1=[W]. The summed E-state index contributed by atoms with van der Waals surface area (Å²) in [7, 11) is 0. The Bertz CT molecular complexity index is 475. The van der Waals surface area contributed by atoms with Gasteiger partial charge in [0.05, 0.1) is 0 Å². The van der Waals surface area contributed by atoms with E-state index < -0.39 is 0 Å². The van der Waals surface area contributed by atoms with Crippen molar-refractivity contribution in [2.75, 3.05) is 0 Å². The van der Waals surface area contributed by atoms with Crippen LogP contribution in [0, 0.1) is 0 Å². The zero-order valence-corrected chi connectivity index (χ0v) is 15.1. The van der Waals surface area contributed by atoms with Crippen molar-refractivity contribution in [3.05, 3.63) is 58.7 Å². The molecular formula is C14H12W2. The maximum absolute atomic E-state index is 2.29. The summed E-state index contributed by atoms with van der Waals surface area (Å²) < 4.78 is 2.88. The Morgan fingerprint density at radius 3 is 1.38 bits per heavy atom. The van der Waals surface area contributed by atoms with Crippen LogP contribution in [0.3, 0.4) is 0 Å². The fourth-order valence-corrected chi connectivity index (χ4v) is 2.57. The monoisotopic (exact) mass is 548 g/mol. The minimum absolute atomic E-state index is 1.33. The Morgan fingerprint density at radius 1 is 0.688 bits per heavy atom. The first kappa shape index (κ1) is 12.3. The fourth-order valence-electron chi connectivity index (χ4n) is 1.66. The standard InChI is InChI=1S/C14H12.2W/c1-11-5-3-7-13(9-11)14-8-4-6-12(2)10-14;;/h3-4,7-10H,1-2H3;;/b14-13+;;. The molecule has 0 aromatic heterocycles. The number of rotatable bonds is 0. The normalized spacial score (nSPS) is 24.6. The Morgan fingerprint density at radius 2 is 1.06 bits per heavy atom. The van der Waals surface area contributed by atoms with E-state index in [2.05, 4.69) is 50.3 Å². The first-order chi connectivity index (χ1) is 7.58. The van der Waals surface area contributed by atoms with Gasteiger partial charge in [-0.15, -0.1) is 0 Å². The van der Waals surface area contributed by atoms with Gasteiger partial charge in [0, 0.05) is 0 Å². The molecule has 0 aliphatic heterocycles. The molecule has 0 N–H and O–H groups in total. The molecule has 2 heteroatoms. The summed E-state index contributed by atoms with van der Waals surface area (Å²) in [5.74, 6) is 0. The van der Waals surface area contributed by atoms with E-state index in [1.54, 1.807) is 38.7 Å². The van der Waals surface area contributed by atoms with Gasteiger partial charge >= 0.3 is 119 Å². The van der Waals surface area contributed by atoms with E-state index in [0.717, 1.165) is 0 Å². The van der Waals surface area contributed by atoms with Gasteiger partial charge in [0.15, 0.2) is 0 Å². The second-order valence-corrected chi connectivity index (χ2v) is 7.12. The van der Waals surface area contributed by atoms with Crippen molar-refractivity contribution < 1.29 is 38.7 Å². The van der Waals surface area contributed by atoms with E-state index in [0.29, 0.717) is 0 Å². The second-order valence-electron chi connectivity index (χ2n) is 3.96. The summed E-state index contributed by atoms with van der Waals surface area (Å²) in [5, 5.41) is 0. The van der Waals surface area contributed by atoms with Gasteiger partial charge in [-0.25, -0.2) is 0 Å². The minimum atomic E-state index is 1.33. The Kier molecular flexibility index (Phi) is 3.83. The van der Waals surface area contributed by atoms with E-state index >= 15 is 0 Å². The van der Waals surface area contributed by atoms with Crippen molar-refractivity contribution in [1.29, 1.82) is 0 Å². The first-order valence-electron chi connectivity index (χ1n) is 5.13. The molecule has 0 aromatic carbocycles. The molecule has 0 nitrogen and oxygen atoms in total. The van der Waals surface area contributed by atoms with Gasteiger partial charge in [-0.05, 0) is 0 Å². The van der Waals surface area contributed by atoms with Crippen molar-refractivity contribution in [3.8, 4) is 0 Å². The number of hydrogen-bond acceptors (Lipinski definition) is 0. The molecule has 16 heavy (non-hydrogen) atoms. The summed E-state index contributed by atoms with van der Waals surface area (Å²) in [6.07, 6.45) is 13.5. The molecule has 80 valence electrons. The zero-order valence-electron chi connectivity index (χ0n) is 9.28. The van der Waals surface area contributed by atoms with Gasteiger partial charge in [-0.2, -0.15) is 0 Å².